The van der Waals surface area contributed by atoms with Crippen LogP contribution in [0.25, 0.3) is 0 Å². The Labute approximate surface area is 87.6 Å². The zero-order valence-corrected chi connectivity index (χ0v) is 8.17. The monoisotopic (exact) mass is 207 g/mol. The Morgan fingerprint density at radius 2 is 2.20 bits per heavy atom. The fraction of sp³-hybridized carbons (Fsp3) is 0.222. The van der Waals surface area contributed by atoms with Crippen molar-refractivity contribution < 1.29 is 19.5 Å². The van der Waals surface area contributed by atoms with Crippen molar-refractivity contribution in [1.82, 2.24) is 0 Å². The first-order chi connectivity index (χ1) is 7.19. The summed E-state index contributed by atoms with van der Waals surface area (Å²) in [6.45, 7) is 0.0374. The number of hydrogen-bond acceptors (Lipinski definition) is 5. The topological polar surface area (TPSA) is 82.7 Å². The predicted octanol–water partition coefficient (Wildman–Crippen LogP) is -0.779. The molecule has 0 saturated heterocycles. The van der Waals surface area contributed by atoms with Crippen LogP contribution in [0.1, 0.15) is 5.56 Å². The molecule has 78 valence electrons. The van der Waals surface area contributed by atoms with Crippen molar-refractivity contribution in [1.29, 1.82) is 5.26 Å². The minimum Gasteiger partial charge on any atom is -0.466 e. The van der Waals surface area contributed by atoms with E-state index in [0.29, 0.717) is 5.75 Å². The number of hydrogen-bond donors (Lipinski definition) is 2. The molecule has 0 aromatic heterocycles. The molecule has 5 nitrogen and oxygen atoms in total. The van der Waals surface area contributed by atoms with E-state index in [-0.39, 0.29) is 17.8 Å². The van der Waals surface area contributed by atoms with Gasteiger partial charge >= 0.3 is 7.12 Å². The lowest BCUT2D eigenvalue weighted by Gasteiger charge is -2.07. The number of rotatable bonds is 4. The van der Waals surface area contributed by atoms with Crippen molar-refractivity contribution in [3.05, 3.63) is 23.8 Å². The summed E-state index contributed by atoms with van der Waals surface area (Å²) in [6, 6.07) is 6.21. The first kappa shape index (κ1) is 11.5. The summed E-state index contributed by atoms with van der Waals surface area (Å²) in [6.07, 6.45) is 0. The Morgan fingerprint density at radius 3 is 2.73 bits per heavy atom. The molecule has 1 aromatic carbocycles. The molecular formula is C9H10BNO4. The van der Waals surface area contributed by atoms with E-state index >= 15 is 0 Å². The smallest absolute Gasteiger partial charge is 0.466 e. The van der Waals surface area contributed by atoms with Gasteiger partial charge in [-0.05, 0) is 17.6 Å². The van der Waals surface area contributed by atoms with E-state index in [1.807, 2.05) is 6.07 Å². The molecule has 0 bridgehead atoms. The molecular weight excluding hydrogens is 197 g/mol. The maximum atomic E-state index is 8.89. The average molecular weight is 207 g/mol. The third-order valence-electron chi connectivity index (χ3n) is 1.75. The van der Waals surface area contributed by atoms with Crippen LogP contribution in [0.3, 0.4) is 0 Å². The number of nitriles is 1. The van der Waals surface area contributed by atoms with Gasteiger partial charge in [0.2, 0.25) is 0 Å². The van der Waals surface area contributed by atoms with Gasteiger partial charge in [-0.2, -0.15) is 5.26 Å². The second-order valence-electron chi connectivity index (χ2n) is 2.79. The Hall–Kier alpha value is -1.55. The SMILES string of the molecule is COCOc1ccc(B(O)O)cc1C#N. The van der Waals surface area contributed by atoms with Gasteiger partial charge in [0.15, 0.2) is 6.79 Å². The van der Waals surface area contributed by atoms with Gasteiger partial charge in [-0.3, -0.25) is 0 Å². The summed E-state index contributed by atoms with van der Waals surface area (Å²) in [7, 11) is -0.119. The molecule has 0 fully saturated rings. The van der Waals surface area contributed by atoms with Crippen molar-refractivity contribution in [2.24, 2.45) is 0 Å². The third-order valence-corrected chi connectivity index (χ3v) is 1.75. The largest absolute Gasteiger partial charge is 0.488 e. The Morgan fingerprint density at radius 1 is 1.47 bits per heavy atom. The molecule has 15 heavy (non-hydrogen) atoms. The fourth-order valence-corrected chi connectivity index (χ4v) is 1.04. The van der Waals surface area contributed by atoms with Crippen molar-refractivity contribution in [3.63, 3.8) is 0 Å². The summed E-state index contributed by atoms with van der Waals surface area (Å²) < 4.78 is 9.80. The van der Waals surface area contributed by atoms with Crippen LogP contribution in [-0.2, 0) is 4.74 Å². The van der Waals surface area contributed by atoms with Crippen molar-refractivity contribution in [2.75, 3.05) is 13.9 Å². The average Bonchev–Trinajstić information content (AvgIpc) is 2.25. The minimum absolute atomic E-state index is 0.0374. The molecule has 0 atom stereocenters. The zero-order chi connectivity index (χ0) is 11.3. The number of nitrogens with zero attached hydrogens (tertiary/aromatic N) is 1. The summed E-state index contributed by atoms with van der Waals surface area (Å²) in [5.41, 5.74) is 0.481. The molecule has 0 radical (unpaired) electrons. The molecule has 1 rings (SSSR count). The molecule has 0 amide bonds. The normalized spacial score (nSPS) is 9.47. The lowest BCUT2D eigenvalue weighted by atomic mass is 9.79. The highest BCUT2D eigenvalue weighted by Crippen LogP contribution is 2.15. The molecule has 0 aliphatic carbocycles. The van der Waals surface area contributed by atoms with Crippen LogP contribution in [0.4, 0.5) is 0 Å². The Bertz CT molecular complexity index is 375. The predicted molar refractivity (Wildman–Crippen MR) is 53.5 cm³/mol. The van der Waals surface area contributed by atoms with E-state index in [2.05, 4.69) is 0 Å². The fourth-order valence-electron chi connectivity index (χ4n) is 1.04. The van der Waals surface area contributed by atoms with Crippen LogP contribution in [0, 0.1) is 11.3 Å². The molecule has 0 aliphatic rings. The van der Waals surface area contributed by atoms with E-state index in [1.165, 1.54) is 25.3 Å². The summed E-state index contributed by atoms with van der Waals surface area (Å²) >= 11 is 0. The summed E-state index contributed by atoms with van der Waals surface area (Å²) in [4.78, 5) is 0. The van der Waals surface area contributed by atoms with Gasteiger partial charge in [-0.25, -0.2) is 0 Å². The number of ether oxygens (including phenoxy) is 2. The Balaban J connectivity index is 2.95. The second-order valence-corrected chi connectivity index (χ2v) is 2.79. The highest BCUT2D eigenvalue weighted by atomic mass is 16.7. The van der Waals surface area contributed by atoms with E-state index in [0.717, 1.165) is 0 Å². The molecule has 0 unspecified atom stereocenters. The van der Waals surface area contributed by atoms with Crippen molar-refractivity contribution in [3.8, 4) is 11.8 Å². The standard InChI is InChI=1S/C9H10BNO4/c1-14-6-15-9-3-2-8(10(12)13)4-7(9)5-11/h2-4,12-13H,6H2,1H3. The van der Waals surface area contributed by atoms with Gasteiger partial charge in [0.25, 0.3) is 0 Å². The van der Waals surface area contributed by atoms with Crippen LogP contribution in [0.15, 0.2) is 18.2 Å². The maximum Gasteiger partial charge on any atom is 0.488 e. The quantitative estimate of drug-likeness (QED) is 0.499. The van der Waals surface area contributed by atoms with Gasteiger partial charge in [0, 0.05) is 7.11 Å². The van der Waals surface area contributed by atoms with Crippen molar-refractivity contribution >= 4 is 12.6 Å². The first-order valence-corrected chi connectivity index (χ1v) is 4.21. The van der Waals surface area contributed by atoms with E-state index in [4.69, 9.17) is 24.8 Å². The molecule has 0 heterocycles. The molecule has 0 aliphatic heterocycles. The number of methoxy groups -OCH3 is 1. The molecule has 0 spiro atoms. The van der Waals surface area contributed by atoms with E-state index in [9.17, 15) is 0 Å². The lowest BCUT2D eigenvalue weighted by molar-refractivity contribution is 0.0509. The Kier molecular flexibility index (Phi) is 4.12. The summed E-state index contributed by atoms with van der Waals surface area (Å²) in [5.74, 6) is 0.351. The van der Waals surface area contributed by atoms with Gasteiger partial charge in [-0.1, -0.05) is 6.07 Å². The number of benzene rings is 1. The van der Waals surface area contributed by atoms with Crippen LogP contribution in [0.2, 0.25) is 0 Å². The van der Waals surface area contributed by atoms with E-state index in [1.54, 1.807) is 0 Å². The van der Waals surface area contributed by atoms with Gasteiger partial charge < -0.3 is 19.5 Å². The maximum absolute atomic E-state index is 8.89. The molecule has 6 heteroatoms. The van der Waals surface area contributed by atoms with Gasteiger partial charge in [-0.15, -0.1) is 0 Å². The third kappa shape index (κ3) is 2.96. The van der Waals surface area contributed by atoms with Gasteiger partial charge in [0.05, 0.1) is 5.56 Å². The molecule has 1 aromatic rings. The van der Waals surface area contributed by atoms with Gasteiger partial charge in [0.1, 0.15) is 11.8 Å². The second kappa shape index (κ2) is 5.36. The van der Waals surface area contributed by atoms with Crippen LogP contribution >= 0.6 is 0 Å². The molecule has 2 N–H and O–H groups in total. The lowest BCUT2D eigenvalue weighted by Crippen LogP contribution is -2.29. The zero-order valence-electron chi connectivity index (χ0n) is 8.17. The van der Waals surface area contributed by atoms with Crippen LogP contribution < -0.4 is 10.2 Å². The summed E-state index contributed by atoms with van der Waals surface area (Å²) in [5, 5.41) is 26.6. The van der Waals surface area contributed by atoms with E-state index < -0.39 is 7.12 Å². The molecule has 0 saturated carbocycles. The highest BCUT2D eigenvalue weighted by molar-refractivity contribution is 6.58. The highest BCUT2D eigenvalue weighted by Gasteiger charge is 2.13. The first-order valence-electron chi connectivity index (χ1n) is 4.21. The van der Waals surface area contributed by atoms with Crippen LogP contribution in [-0.4, -0.2) is 31.1 Å². The minimum atomic E-state index is -1.59. The van der Waals surface area contributed by atoms with Crippen LogP contribution in [0.5, 0.6) is 5.75 Å². The van der Waals surface area contributed by atoms with Crippen molar-refractivity contribution in [2.45, 2.75) is 0 Å².